The van der Waals surface area contributed by atoms with E-state index in [0.717, 1.165) is 12.1 Å². The average molecular weight is 385 g/mol. The van der Waals surface area contributed by atoms with Gasteiger partial charge in [0.1, 0.15) is 0 Å². The van der Waals surface area contributed by atoms with E-state index in [2.05, 4.69) is 10.3 Å². The maximum atomic E-state index is 12.5. The summed E-state index contributed by atoms with van der Waals surface area (Å²) in [5.41, 5.74) is -0.333. The summed E-state index contributed by atoms with van der Waals surface area (Å²) in [6, 6.07) is 3.26. The standard InChI is InChI=1S/C10H7F3IN3S/c1-18-9(16-5-15)17-8-3-2-6(4-7(8)14)10(11,12)13/h2-4H,1H3,(H,16,17). The van der Waals surface area contributed by atoms with E-state index < -0.39 is 11.7 Å². The minimum absolute atomic E-state index is 0.329. The summed E-state index contributed by atoms with van der Waals surface area (Å²) in [5, 5.41) is 11.1. The molecule has 1 rings (SSSR count). The van der Waals surface area contributed by atoms with Crippen molar-refractivity contribution in [2.75, 3.05) is 6.26 Å². The zero-order chi connectivity index (χ0) is 13.8. The fourth-order valence-corrected chi connectivity index (χ4v) is 2.03. The smallest absolute Gasteiger partial charge is 0.271 e. The number of amidine groups is 1. The maximum Gasteiger partial charge on any atom is 0.416 e. The van der Waals surface area contributed by atoms with Gasteiger partial charge in [0, 0.05) is 3.57 Å². The molecule has 0 unspecified atom stereocenters. The van der Waals surface area contributed by atoms with Crippen molar-refractivity contribution < 1.29 is 13.2 Å². The van der Waals surface area contributed by atoms with E-state index >= 15 is 0 Å². The van der Waals surface area contributed by atoms with Crippen LogP contribution < -0.4 is 5.32 Å². The first kappa shape index (κ1) is 15.1. The van der Waals surface area contributed by atoms with E-state index in [4.69, 9.17) is 5.26 Å². The van der Waals surface area contributed by atoms with Crippen LogP contribution in [0.5, 0.6) is 0 Å². The number of rotatable bonds is 1. The fraction of sp³-hybridized carbons (Fsp3) is 0.200. The molecular weight excluding hydrogens is 378 g/mol. The summed E-state index contributed by atoms with van der Waals surface area (Å²) in [4.78, 5) is 4.06. The van der Waals surface area contributed by atoms with Gasteiger partial charge in [-0.2, -0.15) is 18.4 Å². The number of hydrogen-bond donors (Lipinski definition) is 1. The lowest BCUT2D eigenvalue weighted by molar-refractivity contribution is -0.137. The summed E-state index contributed by atoms with van der Waals surface area (Å²) in [6.45, 7) is 0. The number of alkyl halides is 3. The molecule has 1 N–H and O–H groups in total. The number of thioether (sulfide) groups is 1. The molecule has 0 saturated carbocycles. The molecule has 0 aromatic heterocycles. The number of hydrogen-bond acceptors (Lipinski definition) is 3. The second-order valence-electron chi connectivity index (χ2n) is 3.02. The predicted octanol–water partition coefficient (Wildman–Crippen LogP) is 3.73. The van der Waals surface area contributed by atoms with E-state index in [9.17, 15) is 13.2 Å². The first-order valence-corrected chi connectivity index (χ1v) is 6.83. The molecule has 0 saturated heterocycles. The highest BCUT2D eigenvalue weighted by Crippen LogP contribution is 2.33. The van der Waals surface area contributed by atoms with Crippen molar-refractivity contribution in [3.8, 4) is 6.19 Å². The molecule has 18 heavy (non-hydrogen) atoms. The molecule has 0 heterocycles. The Morgan fingerprint density at radius 1 is 1.50 bits per heavy atom. The second-order valence-corrected chi connectivity index (χ2v) is 4.98. The minimum atomic E-state index is -4.37. The predicted molar refractivity (Wildman–Crippen MR) is 73.5 cm³/mol. The highest BCUT2D eigenvalue weighted by atomic mass is 127. The molecule has 96 valence electrons. The van der Waals surface area contributed by atoms with Crippen molar-refractivity contribution in [3.05, 3.63) is 27.3 Å². The van der Waals surface area contributed by atoms with E-state index in [-0.39, 0.29) is 0 Å². The third-order valence-corrected chi connectivity index (χ3v) is 3.30. The Morgan fingerprint density at radius 2 is 2.17 bits per heavy atom. The summed E-state index contributed by atoms with van der Waals surface area (Å²) < 4.78 is 37.7. The monoisotopic (exact) mass is 385 g/mol. The van der Waals surface area contributed by atoms with Gasteiger partial charge in [0.2, 0.25) is 0 Å². The molecule has 0 atom stereocenters. The lowest BCUT2D eigenvalue weighted by atomic mass is 10.2. The molecule has 0 fully saturated rings. The van der Waals surface area contributed by atoms with Crippen LogP contribution in [0.1, 0.15) is 5.56 Å². The Hall–Kier alpha value is -0.950. The molecule has 8 heteroatoms. The summed E-state index contributed by atoms with van der Waals surface area (Å²) in [7, 11) is 0. The molecule has 3 nitrogen and oxygen atoms in total. The molecule has 0 bridgehead atoms. The van der Waals surface area contributed by atoms with Gasteiger partial charge in [0.25, 0.3) is 0 Å². The molecule has 0 amide bonds. The van der Waals surface area contributed by atoms with Crippen LogP contribution in [-0.4, -0.2) is 11.4 Å². The van der Waals surface area contributed by atoms with Gasteiger partial charge in [-0.3, -0.25) is 5.32 Å². The Morgan fingerprint density at radius 3 is 2.61 bits per heavy atom. The summed E-state index contributed by atoms with van der Waals surface area (Å²) >= 11 is 2.98. The lowest BCUT2D eigenvalue weighted by Gasteiger charge is -2.08. The van der Waals surface area contributed by atoms with Crippen LogP contribution in [-0.2, 0) is 6.18 Å². The van der Waals surface area contributed by atoms with Gasteiger partial charge in [0.15, 0.2) is 11.4 Å². The van der Waals surface area contributed by atoms with Crippen LogP contribution in [0.3, 0.4) is 0 Å². The molecular formula is C10H7F3IN3S. The van der Waals surface area contributed by atoms with Gasteiger partial charge in [-0.15, -0.1) is 0 Å². The molecule has 0 spiro atoms. The van der Waals surface area contributed by atoms with E-state index in [1.54, 1.807) is 35.0 Å². The van der Waals surface area contributed by atoms with Gasteiger partial charge in [0.05, 0.1) is 11.3 Å². The van der Waals surface area contributed by atoms with Crippen molar-refractivity contribution in [1.29, 1.82) is 5.26 Å². The molecule has 0 aliphatic rings. The quantitative estimate of drug-likeness (QED) is 0.264. The van der Waals surface area contributed by atoms with Crippen LogP contribution in [0, 0.1) is 15.0 Å². The Kier molecular flexibility index (Phi) is 5.28. The van der Waals surface area contributed by atoms with Gasteiger partial charge in [-0.1, -0.05) is 11.8 Å². The van der Waals surface area contributed by atoms with Crippen LogP contribution >= 0.6 is 34.4 Å². The van der Waals surface area contributed by atoms with Gasteiger partial charge in [-0.05, 0) is 47.0 Å². The Balaban J connectivity index is 3.11. The highest BCUT2D eigenvalue weighted by Gasteiger charge is 2.30. The van der Waals surface area contributed by atoms with E-state index in [0.29, 0.717) is 14.4 Å². The molecule has 0 radical (unpaired) electrons. The molecule has 1 aromatic rings. The number of aliphatic imine (C=N–C) groups is 1. The van der Waals surface area contributed by atoms with Gasteiger partial charge in [-0.25, -0.2) is 4.99 Å². The first-order valence-electron chi connectivity index (χ1n) is 4.53. The largest absolute Gasteiger partial charge is 0.416 e. The first-order chi connectivity index (χ1) is 8.38. The van der Waals surface area contributed by atoms with E-state index in [1.165, 1.54) is 17.8 Å². The fourth-order valence-electron chi connectivity index (χ4n) is 1.06. The van der Waals surface area contributed by atoms with Crippen molar-refractivity contribution in [1.82, 2.24) is 5.32 Å². The SMILES string of the molecule is CSC(=Nc1ccc(C(F)(F)F)cc1I)NC#N. The second kappa shape index (κ2) is 6.29. The Bertz CT molecular complexity index is 508. The van der Waals surface area contributed by atoms with Crippen molar-refractivity contribution in [2.45, 2.75) is 6.18 Å². The zero-order valence-corrected chi connectivity index (χ0v) is 12.0. The van der Waals surface area contributed by atoms with Crippen molar-refractivity contribution >= 4 is 45.2 Å². The minimum Gasteiger partial charge on any atom is -0.271 e. The lowest BCUT2D eigenvalue weighted by Crippen LogP contribution is -2.12. The third kappa shape index (κ3) is 4.06. The summed E-state index contributed by atoms with van der Waals surface area (Å²) in [5.74, 6) is 0. The van der Waals surface area contributed by atoms with E-state index in [1.807, 2.05) is 0 Å². The average Bonchev–Trinajstić information content (AvgIpc) is 2.29. The van der Waals surface area contributed by atoms with Crippen LogP contribution in [0.25, 0.3) is 0 Å². The number of nitrogens with one attached hydrogen (secondary N) is 1. The molecule has 0 aliphatic heterocycles. The van der Waals surface area contributed by atoms with Crippen LogP contribution in [0.4, 0.5) is 18.9 Å². The van der Waals surface area contributed by atoms with Crippen molar-refractivity contribution in [3.63, 3.8) is 0 Å². The topological polar surface area (TPSA) is 48.2 Å². The summed E-state index contributed by atoms with van der Waals surface area (Å²) in [6.07, 6.45) is -0.947. The maximum absolute atomic E-state index is 12.5. The number of nitriles is 1. The molecule has 1 aromatic carbocycles. The number of benzene rings is 1. The van der Waals surface area contributed by atoms with Crippen LogP contribution in [0.2, 0.25) is 0 Å². The van der Waals surface area contributed by atoms with Gasteiger partial charge < -0.3 is 0 Å². The zero-order valence-electron chi connectivity index (χ0n) is 9.05. The highest BCUT2D eigenvalue weighted by molar-refractivity contribution is 14.1. The molecule has 0 aliphatic carbocycles. The number of halogens is 4. The van der Waals surface area contributed by atoms with Crippen molar-refractivity contribution in [2.24, 2.45) is 4.99 Å². The third-order valence-electron chi connectivity index (χ3n) is 1.85. The number of nitrogens with zero attached hydrogens (tertiary/aromatic N) is 2. The van der Waals surface area contributed by atoms with Gasteiger partial charge >= 0.3 is 6.18 Å². The van der Waals surface area contributed by atoms with Crippen LogP contribution in [0.15, 0.2) is 23.2 Å². The normalized spacial score (nSPS) is 12.1. The Labute approximate surface area is 120 Å².